The van der Waals surface area contributed by atoms with Gasteiger partial charge in [-0.3, -0.25) is 0 Å². The van der Waals surface area contributed by atoms with E-state index in [9.17, 15) is 0 Å². The maximum Gasteiger partial charge on any atom is 0.101 e. The Morgan fingerprint density at radius 3 is 2.42 bits per heavy atom. The summed E-state index contributed by atoms with van der Waals surface area (Å²) in [6.45, 7) is 0. The highest BCUT2D eigenvalue weighted by Gasteiger charge is 2.21. The van der Waals surface area contributed by atoms with Gasteiger partial charge < -0.3 is 5.32 Å². The van der Waals surface area contributed by atoms with Gasteiger partial charge >= 0.3 is 0 Å². The van der Waals surface area contributed by atoms with E-state index in [4.69, 9.17) is 5.26 Å². The van der Waals surface area contributed by atoms with E-state index < -0.39 is 0 Å². The molecule has 1 aliphatic rings. The largest absolute Gasteiger partial charge is 0.381 e. The fourth-order valence-corrected chi connectivity index (χ4v) is 2.98. The second kappa shape index (κ2) is 5.07. The highest BCUT2D eigenvalue weighted by atomic mass is 79.9. The maximum absolute atomic E-state index is 9.15. The molecule has 0 saturated carbocycles. The number of rotatable bonds is 2. The van der Waals surface area contributed by atoms with Crippen LogP contribution in [0.2, 0.25) is 0 Å². The molecule has 0 heterocycles. The number of anilines is 1. The molecule has 0 bridgehead atoms. The van der Waals surface area contributed by atoms with Crippen LogP contribution in [0.1, 0.15) is 16.7 Å². The minimum atomic E-state index is 0.374. The standard InChI is InChI=1S/C16H13BrN2/c17-14-6-5-13(10-18)16(9-14)19-15-7-11-3-1-2-4-12(11)8-15/h1-6,9,15,19H,7-8H2. The molecule has 2 aromatic rings. The quantitative estimate of drug-likeness (QED) is 0.913. The second-order valence-electron chi connectivity index (χ2n) is 4.82. The van der Waals surface area contributed by atoms with Crippen LogP contribution in [0.3, 0.4) is 0 Å². The summed E-state index contributed by atoms with van der Waals surface area (Å²) in [5.41, 5.74) is 4.43. The first kappa shape index (κ1) is 12.3. The van der Waals surface area contributed by atoms with E-state index >= 15 is 0 Å². The zero-order chi connectivity index (χ0) is 13.2. The molecule has 2 aromatic carbocycles. The lowest BCUT2D eigenvalue weighted by Gasteiger charge is -2.15. The molecule has 0 spiro atoms. The van der Waals surface area contributed by atoms with Crippen molar-refractivity contribution in [1.82, 2.24) is 0 Å². The van der Waals surface area contributed by atoms with Crippen LogP contribution in [0.4, 0.5) is 5.69 Å². The summed E-state index contributed by atoms with van der Waals surface area (Å²) in [4.78, 5) is 0. The van der Waals surface area contributed by atoms with Gasteiger partial charge in [0.15, 0.2) is 0 Å². The summed E-state index contributed by atoms with van der Waals surface area (Å²) in [6.07, 6.45) is 2.04. The first-order valence-corrected chi connectivity index (χ1v) is 7.08. The van der Waals surface area contributed by atoms with Crippen LogP contribution in [0.15, 0.2) is 46.9 Å². The second-order valence-corrected chi connectivity index (χ2v) is 5.74. The molecule has 0 saturated heterocycles. The van der Waals surface area contributed by atoms with Crippen molar-refractivity contribution in [2.45, 2.75) is 18.9 Å². The molecule has 0 aliphatic heterocycles. The summed E-state index contributed by atoms with van der Waals surface area (Å²) >= 11 is 3.45. The lowest BCUT2D eigenvalue weighted by molar-refractivity contribution is 0.774. The smallest absolute Gasteiger partial charge is 0.101 e. The number of nitriles is 1. The van der Waals surface area contributed by atoms with Gasteiger partial charge in [-0.05, 0) is 42.2 Å². The average Bonchev–Trinajstić information content (AvgIpc) is 2.81. The van der Waals surface area contributed by atoms with Gasteiger partial charge in [-0.15, -0.1) is 0 Å². The van der Waals surface area contributed by atoms with Crippen molar-refractivity contribution in [3.05, 3.63) is 63.6 Å². The molecule has 1 aliphatic carbocycles. The maximum atomic E-state index is 9.15. The summed E-state index contributed by atoms with van der Waals surface area (Å²) in [5, 5.41) is 12.6. The lowest BCUT2D eigenvalue weighted by atomic mass is 10.1. The molecule has 19 heavy (non-hydrogen) atoms. The molecule has 0 unspecified atom stereocenters. The molecule has 3 heteroatoms. The molecule has 0 aromatic heterocycles. The molecule has 2 nitrogen and oxygen atoms in total. The topological polar surface area (TPSA) is 35.8 Å². The number of halogens is 1. The fourth-order valence-electron chi connectivity index (χ4n) is 2.61. The zero-order valence-electron chi connectivity index (χ0n) is 10.4. The minimum Gasteiger partial charge on any atom is -0.381 e. The highest BCUT2D eigenvalue weighted by molar-refractivity contribution is 9.10. The summed E-state index contributed by atoms with van der Waals surface area (Å²) in [5.74, 6) is 0. The van der Waals surface area contributed by atoms with Gasteiger partial charge in [-0.25, -0.2) is 0 Å². The number of hydrogen-bond donors (Lipinski definition) is 1. The van der Waals surface area contributed by atoms with Gasteiger partial charge in [0.25, 0.3) is 0 Å². The Labute approximate surface area is 121 Å². The highest BCUT2D eigenvalue weighted by Crippen LogP contribution is 2.27. The third-order valence-electron chi connectivity index (χ3n) is 3.51. The van der Waals surface area contributed by atoms with Crippen molar-refractivity contribution in [2.24, 2.45) is 0 Å². The molecular formula is C16H13BrN2. The van der Waals surface area contributed by atoms with E-state index in [0.29, 0.717) is 11.6 Å². The molecule has 0 fully saturated rings. The molecular weight excluding hydrogens is 300 g/mol. The van der Waals surface area contributed by atoms with Gasteiger partial charge in [0.2, 0.25) is 0 Å². The van der Waals surface area contributed by atoms with Crippen molar-refractivity contribution >= 4 is 21.6 Å². The number of benzene rings is 2. The third-order valence-corrected chi connectivity index (χ3v) is 4.01. The summed E-state index contributed by atoms with van der Waals surface area (Å²) in [7, 11) is 0. The SMILES string of the molecule is N#Cc1ccc(Br)cc1NC1Cc2ccccc2C1. The molecule has 0 amide bonds. The van der Waals surface area contributed by atoms with Crippen LogP contribution >= 0.6 is 15.9 Å². The number of hydrogen-bond acceptors (Lipinski definition) is 2. The van der Waals surface area contributed by atoms with Crippen LogP contribution in [0.25, 0.3) is 0 Å². The van der Waals surface area contributed by atoms with Crippen LogP contribution < -0.4 is 5.32 Å². The van der Waals surface area contributed by atoms with Crippen molar-refractivity contribution in [3.63, 3.8) is 0 Å². The van der Waals surface area contributed by atoms with E-state index in [1.807, 2.05) is 18.2 Å². The molecule has 0 atom stereocenters. The van der Waals surface area contributed by atoms with Gasteiger partial charge in [0, 0.05) is 10.5 Å². The molecule has 0 radical (unpaired) electrons. The van der Waals surface area contributed by atoms with E-state index in [-0.39, 0.29) is 0 Å². The predicted molar refractivity (Wildman–Crippen MR) is 80.1 cm³/mol. The van der Waals surface area contributed by atoms with Gasteiger partial charge in [-0.2, -0.15) is 5.26 Å². The normalized spacial score (nSPS) is 13.9. The third kappa shape index (κ3) is 2.50. The Hall–Kier alpha value is -1.79. The summed E-state index contributed by atoms with van der Waals surface area (Å²) in [6, 6.07) is 16.9. The van der Waals surface area contributed by atoms with E-state index in [1.165, 1.54) is 11.1 Å². The van der Waals surface area contributed by atoms with Crippen molar-refractivity contribution in [3.8, 4) is 6.07 Å². The first-order valence-electron chi connectivity index (χ1n) is 6.29. The number of fused-ring (bicyclic) bond motifs is 1. The summed E-state index contributed by atoms with van der Waals surface area (Å²) < 4.78 is 0.990. The fraction of sp³-hybridized carbons (Fsp3) is 0.188. The Morgan fingerprint density at radius 2 is 1.79 bits per heavy atom. The van der Waals surface area contributed by atoms with E-state index in [1.54, 1.807) is 0 Å². The van der Waals surface area contributed by atoms with Gasteiger partial charge in [0.05, 0.1) is 11.3 Å². The number of nitrogens with one attached hydrogen (secondary N) is 1. The minimum absolute atomic E-state index is 0.374. The van der Waals surface area contributed by atoms with Crippen molar-refractivity contribution < 1.29 is 0 Å². The van der Waals surface area contributed by atoms with E-state index in [0.717, 1.165) is 23.0 Å². The lowest BCUT2D eigenvalue weighted by Crippen LogP contribution is -2.20. The monoisotopic (exact) mass is 312 g/mol. The molecule has 1 N–H and O–H groups in total. The van der Waals surface area contributed by atoms with Crippen LogP contribution in [-0.2, 0) is 12.8 Å². The van der Waals surface area contributed by atoms with Crippen LogP contribution in [0.5, 0.6) is 0 Å². The van der Waals surface area contributed by atoms with E-state index in [2.05, 4.69) is 51.6 Å². The number of nitrogens with zero attached hydrogens (tertiary/aromatic N) is 1. The zero-order valence-corrected chi connectivity index (χ0v) is 11.9. The van der Waals surface area contributed by atoms with Crippen molar-refractivity contribution in [1.29, 1.82) is 5.26 Å². The first-order chi connectivity index (χ1) is 9.26. The average molecular weight is 313 g/mol. The molecule has 94 valence electrons. The van der Waals surface area contributed by atoms with Gasteiger partial charge in [-0.1, -0.05) is 40.2 Å². The Balaban J connectivity index is 1.81. The Morgan fingerprint density at radius 1 is 1.11 bits per heavy atom. The Bertz CT molecular complexity index is 633. The predicted octanol–water partition coefficient (Wildman–Crippen LogP) is 3.90. The van der Waals surface area contributed by atoms with Crippen LogP contribution in [-0.4, -0.2) is 6.04 Å². The molecule has 3 rings (SSSR count). The van der Waals surface area contributed by atoms with Crippen LogP contribution in [0, 0.1) is 11.3 Å². The Kier molecular flexibility index (Phi) is 3.27. The van der Waals surface area contributed by atoms with Gasteiger partial charge in [0.1, 0.15) is 6.07 Å². The van der Waals surface area contributed by atoms with Crippen molar-refractivity contribution in [2.75, 3.05) is 5.32 Å².